The van der Waals surface area contributed by atoms with Crippen molar-refractivity contribution in [3.8, 4) is 22.9 Å². The van der Waals surface area contributed by atoms with Crippen molar-refractivity contribution in [3.05, 3.63) is 78.4 Å². The van der Waals surface area contributed by atoms with Crippen LogP contribution in [-0.4, -0.2) is 53.0 Å². The van der Waals surface area contributed by atoms with Crippen LogP contribution in [0.4, 0.5) is 10.2 Å². The maximum Gasteiger partial charge on any atom is 0.269 e. The molecular weight excluding hydrogens is 441 g/mol. The van der Waals surface area contributed by atoms with E-state index < -0.39 is 5.91 Å². The molecule has 10 heteroatoms. The highest BCUT2D eigenvalue weighted by atomic mass is 19.1. The number of carbonyl (C=O) groups excluding carboxylic acids is 2. The van der Waals surface area contributed by atoms with Crippen molar-refractivity contribution in [1.82, 2.24) is 14.9 Å². The molecule has 174 valence electrons. The van der Waals surface area contributed by atoms with E-state index in [4.69, 9.17) is 15.2 Å². The van der Waals surface area contributed by atoms with Crippen LogP contribution < -0.4 is 15.8 Å². The van der Waals surface area contributed by atoms with Crippen molar-refractivity contribution in [2.45, 2.75) is 0 Å². The quantitative estimate of drug-likeness (QED) is 0.517. The minimum Gasteiger partial charge on any atom is -0.457 e. The van der Waals surface area contributed by atoms with Crippen LogP contribution in [0.3, 0.4) is 0 Å². The number of carbonyl (C=O) groups is 2. The number of amides is 2. The Hall–Kier alpha value is -4.31. The summed E-state index contributed by atoms with van der Waals surface area (Å²) in [6.45, 7) is 5.65. The highest BCUT2D eigenvalue weighted by Crippen LogP contribution is 2.25. The zero-order valence-electron chi connectivity index (χ0n) is 18.2. The van der Waals surface area contributed by atoms with E-state index in [-0.39, 0.29) is 34.8 Å². The summed E-state index contributed by atoms with van der Waals surface area (Å²) >= 11 is 0. The predicted molar refractivity (Wildman–Crippen MR) is 123 cm³/mol. The van der Waals surface area contributed by atoms with E-state index in [2.05, 4.69) is 21.9 Å². The number of morpholine rings is 1. The van der Waals surface area contributed by atoms with Crippen molar-refractivity contribution in [3.63, 3.8) is 0 Å². The number of nitrogens with one attached hydrogen (secondary N) is 1. The van der Waals surface area contributed by atoms with E-state index in [1.54, 1.807) is 29.2 Å². The largest absolute Gasteiger partial charge is 0.457 e. The normalized spacial score (nSPS) is 13.3. The third-order valence-corrected chi connectivity index (χ3v) is 4.98. The Morgan fingerprint density at radius 3 is 2.26 bits per heavy atom. The summed E-state index contributed by atoms with van der Waals surface area (Å²) in [5.41, 5.74) is 6.11. The number of halogens is 1. The second-order valence-electron chi connectivity index (χ2n) is 7.41. The second-order valence-corrected chi connectivity index (χ2v) is 7.41. The standard InChI is InChI=1S/C24H22FN5O4/c1-15(24(32)30-10-12-33-13-11-30)27-21-14-20(22(26)31)28-23(29-21)16-2-6-18(7-3-16)34-19-8-4-17(25)5-9-19/h2-9,14H,1,10-13H2,(H2,26,31)(H,27,28,29). The molecule has 1 aromatic heterocycles. The summed E-state index contributed by atoms with van der Waals surface area (Å²) in [6.07, 6.45) is 0. The number of nitrogens with two attached hydrogens (primary N) is 1. The molecule has 1 saturated heterocycles. The lowest BCUT2D eigenvalue weighted by Crippen LogP contribution is -2.42. The number of primary amides is 1. The van der Waals surface area contributed by atoms with Gasteiger partial charge >= 0.3 is 0 Å². The fourth-order valence-electron chi connectivity index (χ4n) is 3.24. The molecule has 0 atom stereocenters. The lowest BCUT2D eigenvalue weighted by Gasteiger charge is -2.27. The van der Waals surface area contributed by atoms with Gasteiger partial charge in [-0.3, -0.25) is 9.59 Å². The molecule has 1 aliphatic rings. The zero-order chi connectivity index (χ0) is 24.1. The maximum atomic E-state index is 13.1. The molecule has 2 aromatic carbocycles. The van der Waals surface area contributed by atoms with E-state index >= 15 is 0 Å². The van der Waals surface area contributed by atoms with Crippen molar-refractivity contribution >= 4 is 17.6 Å². The molecule has 9 nitrogen and oxygen atoms in total. The first kappa shape index (κ1) is 22.9. The maximum absolute atomic E-state index is 13.1. The highest BCUT2D eigenvalue weighted by Gasteiger charge is 2.20. The average Bonchev–Trinajstić information content (AvgIpc) is 2.85. The Morgan fingerprint density at radius 2 is 1.65 bits per heavy atom. The third-order valence-electron chi connectivity index (χ3n) is 4.98. The minimum atomic E-state index is -0.743. The smallest absolute Gasteiger partial charge is 0.269 e. The Bertz CT molecular complexity index is 1210. The van der Waals surface area contributed by atoms with Gasteiger partial charge in [-0.05, 0) is 48.5 Å². The first-order valence-corrected chi connectivity index (χ1v) is 10.4. The number of rotatable bonds is 7. The summed E-state index contributed by atoms with van der Waals surface area (Å²) in [6, 6.07) is 13.8. The van der Waals surface area contributed by atoms with Crippen LogP contribution in [-0.2, 0) is 9.53 Å². The zero-order valence-corrected chi connectivity index (χ0v) is 18.2. The van der Waals surface area contributed by atoms with E-state index in [0.29, 0.717) is 43.4 Å². The highest BCUT2D eigenvalue weighted by molar-refractivity contribution is 5.96. The summed E-state index contributed by atoms with van der Waals surface area (Å²) < 4.78 is 24.0. The monoisotopic (exact) mass is 463 g/mol. The number of benzene rings is 2. The van der Waals surface area contributed by atoms with Crippen molar-refractivity contribution < 1.29 is 23.5 Å². The Balaban J connectivity index is 1.53. The number of anilines is 1. The molecule has 0 saturated carbocycles. The van der Waals surface area contributed by atoms with Crippen LogP contribution in [0, 0.1) is 5.82 Å². The summed E-state index contributed by atoms with van der Waals surface area (Å²) in [5.74, 6) is 0.0449. The van der Waals surface area contributed by atoms with Crippen LogP contribution >= 0.6 is 0 Å². The van der Waals surface area contributed by atoms with Gasteiger partial charge in [-0.1, -0.05) is 6.58 Å². The molecule has 3 N–H and O–H groups in total. The third kappa shape index (κ3) is 5.54. The number of aromatic nitrogens is 2. The first-order valence-electron chi connectivity index (χ1n) is 10.4. The molecule has 4 rings (SSSR count). The number of hydrogen-bond donors (Lipinski definition) is 2. The molecule has 2 amide bonds. The van der Waals surface area contributed by atoms with Gasteiger partial charge in [-0.15, -0.1) is 0 Å². The number of nitrogens with zero attached hydrogens (tertiary/aromatic N) is 3. The Morgan fingerprint density at radius 1 is 1.03 bits per heavy atom. The lowest BCUT2D eigenvalue weighted by atomic mass is 10.2. The molecule has 0 radical (unpaired) electrons. The van der Waals surface area contributed by atoms with E-state index in [0.717, 1.165) is 0 Å². The molecule has 1 fully saturated rings. The molecule has 3 aromatic rings. The fraction of sp³-hybridized carbons (Fsp3) is 0.167. The second kappa shape index (κ2) is 10.1. The van der Waals surface area contributed by atoms with Crippen molar-refractivity contribution in [2.24, 2.45) is 5.73 Å². The van der Waals surface area contributed by atoms with Gasteiger partial charge < -0.3 is 25.4 Å². The van der Waals surface area contributed by atoms with Gasteiger partial charge in [0.05, 0.1) is 18.9 Å². The van der Waals surface area contributed by atoms with E-state index in [1.165, 1.54) is 30.3 Å². The van der Waals surface area contributed by atoms with Crippen LogP contribution in [0.15, 0.2) is 66.9 Å². The molecule has 34 heavy (non-hydrogen) atoms. The van der Waals surface area contributed by atoms with Crippen LogP contribution in [0.5, 0.6) is 11.5 Å². The molecule has 2 heterocycles. The topological polar surface area (TPSA) is 120 Å². The van der Waals surface area contributed by atoms with Gasteiger partial charge in [0.2, 0.25) is 0 Å². The fourth-order valence-corrected chi connectivity index (χ4v) is 3.24. The van der Waals surface area contributed by atoms with Gasteiger partial charge in [-0.2, -0.15) is 0 Å². The summed E-state index contributed by atoms with van der Waals surface area (Å²) in [7, 11) is 0. The van der Waals surface area contributed by atoms with Gasteiger partial charge in [0.25, 0.3) is 11.8 Å². The lowest BCUT2D eigenvalue weighted by molar-refractivity contribution is -0.130. The predicted octanol–water partition coefficient (Wildman–Crippen LogP) is 2.96. The first-order chi connectivity index (χ1) is 16.4. The van der Waals surface area contributed by atoms with Gasteiger partial charge in [0.1, 0.15) is 28.8 Å². The number of hydrogen-bond acceptors (Lipinski definition) is 7. The summed E-state index contributed by atoms with van der Waals surface area (Å²) in [5, 5.41) is 2.85. The molecule has 0 spiro atoms. The van der Waals surface area contributed by atoms with Gasteiger partial charge in [0, 0.05) is 24.7 Å². The molecule has 1 aliphatic heterocycles. The van der Waals surface area contributed by atoms with Gasteiger partial charge in [0.15, 0.2) is 5.82 Å². The molecule has 0 bridgehead atoms. The average molecular weight is 463 g/mol. The summed E-state index contributed by atoms with van der Waals surface area (Å²) in [4.78, 5) is 34.7. The molecule has 0 aliphatic carbocycles. The van der Waals surface area contributed by atoms with E-state index in [1.807, 2.05) is 0 Å². The minimum absolute atomic E-state index is 0.0224. The Kier molecular flexibility index (Phi) is 6.79. The van der Waals surface area contributed by atoms with Crippen molar-refractivity contribution in [1.29, 1.82) is 0 Å². The number of ether oxygens (including phenoxy) is 2. The SMILES string of the molecule is C=C(Nc1cc(C(N)=O)nc(-c2ccc(Oc3ccc(F)cc3)cc2)n1)C(=O)N1CCOCC1. The van der Waals surface area contributed by atoms with Crippen LogP contribution in [0.25, 0.3) is 11.4 Å². The van der Waals surface area contributed by atoms with E-state index in [9.17, 15) is 14.0 Å². The van der Waals surface area contributed by atoms with Crippen LogP contribution in [0.2, 0.25) is 0 Å². The van der Waals surface area contributed by atoms with Crippen LogP contribution in [0.1, 0.15) is 10.5 Å². The molecular formula is C24H22FN5O4. The van der Waals surface area contributed by atoms with Gasteiger partial charge in [-0.25, -0.2) is 14.4 Å². The Labute approximate surface area is 195 Å². The molecule has 0 unspecified atom stereocenters. The van der Waals surface area contributed by atoms with Crippen molar-refractivity contribution in [2.75, 3.05) is 31.6 Å².